The van der Waals surface area contributed by atoms with Gasteiger partial charge in [-0.05, 0) is 24.1 Å². The SMILES string of the molecule is Cl.Cl.O=C(CC1COCCN1)N1CCCN(Cc2ccccc2)c2ccccc21. The van der Waals surface area contributed by atoms with E-state index in [1.54, 1.807) is 0 Å². The molecule has 7 heteroatoms. The van der Waals surface area contributed by atoms with E-state index >= 15 is 0 Å². The van der Waals surface area contributed by atoms with Crippen LogP contribution < -0.4 is 15.1 Å². The molecular formula is C22H29Cl2N3O2. The molecule has 0 aromatic heterocycles. The summed E-state index contributed by atoms with van der Waals surface area (Å²) in [5.74, 6) is 0.173. The minimum atomic E-state index is 0. The van der Waals surface area contributed by atoms with E-state index in [1.807, 2.05) is 17.0 Å². The molecule has 0 radical (unpaired) electrons. The largest absolute Gasteiger partial charge is 0.378 e. The Morgan fingerprint density at radius 1 is 1.00 bits per heavy atom. The van der Waals surface area contributed by atoms with Crippen molar-refractivity contribution < 1.29 is 9.53 Å². The molecule has 2 heterocycles. The second kappa shape index (κ2) is 11.4. The molecule has 1 amide bonds. The minimum absolute atomic E-state index is 0. The van der Waals surface area contributed by atoms with Crippen LogP contribution in [0.3, 0.4) is 0 Å². The highest BCUT2D eigenvalue weighted by molar-refractivity contribution is 5.97. The highest BCUT2D eigenvalue weighted by Crippen LogP contribution is 2.33. The molecule has 1 saturated heterocycles. The first-order valence-corrected chi connectivity index (χ1v) is 9.80. The van der Waals surface area contributed by atoms with E-state index in [2.05, 4.69) is 52.7 Å². The predicted octanol–water partition coefficient (Wildman–Crippen LogP) is 3.65. The number of morpholine rings is 1. The molecule has 2 aliphatic heterocycles. The monoisotopic (exact) mass is 437 g/mol. The van der Waals surface area contributed by atoms with Gasteiger partial charge in [0.15, 0.2) is 0 Å². The molecule has 29 heavy (non-hydrogen) atoms. The number of rotatable bonds is 4. The molecule has 2 aromatic rings. The van der Waals surface area contributed by atoms with E-state index in [1.165, 1.54) is 5.56 Å². The lowest BCUT2D eigenvalue weighted by atomic mass is 10.1. The number of hydrogen-bond donors (Lipinski definition) is 1. The molecule has 1 N–H and O–H groups in total. The molecule has 4 rings (SSSR count). The third kappa shape index (κ3) is 5.86. The number of anilines is 2. The molecule has 1 fully saturated rings. The summed E-state index contributed by atoms with van der Waals surface area (Å²) in [7, 11) is 0. The predicted molar refractivity (Wildman–Crippen MR) is 123 cm³/mol. The zero-order chi connectivity index (χ0) is 18.5. The van der Waals surface area contributed by atoms with Gasteiger partial charge in [0.25, 0.3) is 0 Å². The van der Waals surface area contributed by atoms with Gasteiger partial charge < -0.3 is 19.9 Å². The highest BCUT2D eigenvalue weighted by atomic mass is 35.5. The van der Waals surface area contributed by atoms with Gasteiger partial charge in [-0.25, -0.2) is 0 Å². The fourth-order valence-electron chi connectivity index (χ4n) is 3.92. The maximum absolute atomic E-state index is 13.1. The summed E-state index contributed by atoms with van der Waals surface area (Å²) in [5, 5.41) is 3.39. The summed E-state index contributed by atoms with van der Waals surface area (Å²) < 4.78 is 5.51. The molecule has 2 aliphatic rings. The Morgan fingerprint density at radius 3 is 2.45 bits per heavy atom. The van der Waals surface area contributed by atoms with Crippen LogP contribution in [0.25, 0.3) is 0 Å². The van der Waals surface area contributed by atoms with Crippen LogP contribution in [-0.2, 0) is 16.1 Å². The molecule has 2 aromatic carbocycles. The van der Waals surface area contributed by atoms with Crippen molar-refractivity contribution in [2.24, 2.45) is 0 Å². The summed E-state index contributed by atoms with van der Waals surface area (Å²) >= 11 is 0. The number of fused-ring (bicyclic) bond motifs is 1. The maximum atomic E-state index is 13.1. The third-order valence-electron chi connectivity index (χ3n) is 5.26. The van der Waals surface area contributed by atoms with E-state index in [-0.39, 0.29) is 36.8 Å². The Labute approximate surface area is 185 Å². The van der Waals surface area contributed by atoms with Crippen molar-refractivity contribution in [2.75, 3.05) is 42.6 Å². The summed E-state index contributed by atoms with van der Waals surface area (Å²) in [5.41, 5.74) is 3.45. The highest BCUT2D eigenvalue weighted by Gasteiger charge is 2.27. The van der Waals surface area contributed by atoms with Crippen molar-refractivity contribution >= 4 is 42.1 Å². The van der Waals surface area contributed by atoms with Crippen LogP contribution in [0, 0.1) is 0 Å². The molecule has 1 atom stereocenters. The van der Waals surface area contributed by atoms with Crippen LogP contribution in [0.2, 0.25) is 0 Å². The Morgan fingerprint density at radius 2 is 1.72 bits per heavy atom. The minimum Gasteiger partial charge on any atom is -0.378 e. The van der Waals surface area contributed by atoms with E-state index in [0.29, 0.717) is 13.0 Å². The first-order valence-electron chi connectivity index (χ1n) is 9.80. The normalized spacial score (nSPS) is 18.7. The number of amides is 1. The Hall–Kier alpha value is -1.79. The molecule has 1 unspecified atom stereocenters. The quantitative estimate of drug-likeness (QED) is 0.792. The van der Waals surface area contributed by atoms with Crippen LogP contribution in [0.4, 0.5) is 11.4 Å². The van der Waals surface area contributed by atoms with Crippen molar-refractivity contribution in [3.63, 3.8) is 0 Å². The summed E-state index contributed by atoms with van der Waals surface area (Å²) in [6.07, 6.45) is 1.44. The molecule has 158 valence electrons. The number of carbonyl (C=O) groups is 1. The van der Waals surface area contributed by atoms with Gasteiger partial charge in [-0.3, -0.25) is 4.79 Å². The number of benzene rings is 2. The van der Waals surface area contributed by atoms with E-state index in [4.69, 9.17) is 4.74 Å². The van der Waals surface area contributed by atoms with Crippen LogP contribution >= 0.6 is 24.8 Å². The van der Waals surface area contributed by atoms with E-state index in [9.17, 15) is 4.79 Å². The lowest BCUT2D eigenvalue weighted by Gasteiger charge is -2.29. The Bertz CT molecular complexity index is 770. The van der Waals surface area contributed by atoms with Crippen molar-refractivity contribution in [1.29, 1.82) is 0 Å². The number of carbonyl (C=O) groups excluding carboxylic acids is 1. The second-order valence-corrected chi connectivity index (χ2v) is 7.22. The number of para-hydroxylation sites is 2. The van der Waals surface area contributed by atoms with Gasteiger partial charge in [0.05, 0.1) is 24.6 Å². The lowest BCUT2D eigenvalue weighted by molar-refractivity contribution is -0.119. The topological polar surface area (TPSA) is 44.8 Å². The molecule has 0 saturated carbocycles. The van der Waals surface area contributed by atoms with Crippen molar-refractivity contribution in [1.82, 2.24) is 5.32 Å². The van der Waals surface area contributed by atoms with Gasteiger partial charge in [-0.1, -0.05) is 42.5 Å². The summed E-state index contributed by atoms with van der Waals surface area (Å²) in [6.45, 7) is 4.72. The first-order chi connectivity index (χ1) is 13.3. The zero-order valence-corrected chi connectivity index (χ0v) is 18.1. The molecule has 0 spiro atoms. The maximum Gasteiger partial charge on any atom is 0.228 e. The molecule has 5 nitrogen and oxygen atoms in total. The van der Waals surface area contributed by atoms with Gasteiger partial charge in [0.1, 0.15) is 0 Å². The van der Waals surface area contributed by atoms with Crippen LogP contribution in [0.1, 0.15) is 18.4 Å². The van der Waals surface area contributed by atoms with Gasteiger partial charge in [-0.2, -0.15) is 0 Å². The van der Waals surface area contributed by atoms with Gasteiger partial charge in [0, 0.05) is 38.6 Å². The van der Waals surface area contributed by atoms with Crippen molar-refractivity contribution in [2.45, 2.75) is 25.4 Å². The van der Waals surface area contributed by atoms with Gasteiger partial charge in [-0.15, -0.1) is 24.8 Å². The average Bonchev–Trinajstić information content (AvgIpc) is 2.89. The zero-order valence-electron chi connectivity index (χ0n) is 16.5. The molecule has 0 bridgehead atoms. The van der Waals surface area contributed by atoms with Gasteiger partial charge in [0.2, 0.25) is 5.91 Å². The number of halogens is 2. The standard InChI is InChI=1S/C22H27N3O2.2ClH/c26-22(15-19-17-27-14-11-23-19)25-13-6-12-24(16-18-7-2-1-3-8-18)20-9-4-5-10-21(20)25;;/h1-5,7-10,19,23H,6,11-17H2;2*1H. The van der Waals surface area contributed by atoms with Crippen molar-refractivity contribution in [3.05, 3.63) is 60.2 Å². The first kappa shape index (κ1) is 23.5. The van der Waals surface area contributed by atoms with Crippen LogP contribution in [0.5, 0.6) is 0 Å². The van der Waals surface area contributed by atoms with Gasteiger partial charge >= 0.3 is 0 Å². The number of ether oxygens (including phenoxy) is 1. The fourth-order valence-corrected chi connectivity index (χ4v) is 3.92. The third-order valence-corrected chi connectivity index (χ3v) is 5.26. The Kier molecular flexibility index (Phi) is 9.24. The summed E-state index contributed by atoms with van der Waals surface area (Å²) in [4.78, 5) is 17.4. The lowest BCUT2D eigenvalue weighted by Crippen LogP contribution is -2.45. The van der Waals surface area contributed by atoms with E-state index in [0.717, 1.165) is 50.6 Å². The van der Waals surface area contributed by atoms with Crippen molar-refractivity contribution in [3.8, 4) is 0 Å². The second-order valence-electron chi connectivity index (χ2n) is 7.22. The molecular weight excluding hydrogens is 409 g/mol. The van der Waals surface area contributed by atoms with E-state index < -0.39 is 0 Å². The van der Waals surface area contributed by atoms with Crippen LogP contribution in [-0.4, -0.2) is 44.8 Å². The summed E-state index contributed by atoms with van der Waals surface area (Å²) in [6, 6.07) is 18.9. The number of nitrogens with zero attached hydrogens (tertiary/aromatic N) is 2. The number of nitrogens with one attached hydrogen (secondary N) is 1. The molecule has 0 aliphatic carbocycles. The fraction of sp³-hybridized carbons (Fsp3) is 0.409. The Balaban J connectivity index is 0.00000150. The number of hydrogen-bond acceptors (Lipinski definition) is 4. The average molecular weight is 438 g/mol. The smallest absolute Gasteiger partial charge is 0.228 e. The van der Waals surface area contributed by atoms with Crippen LogP contribution in [0.15, 0.2) is 54.6 Å².